The minimum atomic E-state index is -3.69. The van der Waals surface area contributed by atoms with Crippen LogP contribution in [0.4, 0.5) is 0 Å². The molecular formula is C16H28O4SSi. The first kappa shape index (κ1) is 19.4. The highest BCUT2D eigenvalue weighted by molar-refractivity contribution is 7.86. The van der Waals surface area contributed by atoms with E-state index in [-0.39, 0.29) is 23.0 Å². The van der Waals surface area contributed by atoms with Gasteiger partial charge in [-0.25, -0.2) is 0 Å². The normalized spacial score (nSPS) is 14.3. The molecule has 22 heavy (non-hydrogen) atoms. The zero-order valence-corrected chi connectivity index (χ0v) is 16.4. The lowest BCUT2D eigenvalue weighted by Crippen LogP contribution is -2.34. The van der Waals surface area contributed by atoms with E-state index in [2.05, 4.69) is 33.9 Å². The summed E-state index contributed by atoms with van der Waals surface area (Å²) in [7, 11) is -4.87. The van der Waals surface area contributed by atoms with Crippen LogP contribution < -0.4 is 0 Å². The molecule has 1 atom stereocenters. The van der Waals surface area contributed by atoms with E-state index in [4.69, 9.17) is 8.61 Å². The zero-order chi connectivity index (χ0) is 17.0. The third-order valence-electron chi connectivity index (χ3n) is 3.33. The van der Waals surface area contributed by atoms with Gasteiger partial charge >= 0.3 is 0 Å². The van der Waals surface area contributed by atoms with E-state index in [1.807, 2.05) is 6.92 Å². The van der Waals surface area contributed by atoms with Gasteiger partial charge in [0.15, 0.2) is 9.04 Å². The van der Waals surface area contributed by atoms with Crippen LogP contribution in [0.15, 0.2) is 29.2 Å². The average Bonchev–Trinajstić information content (AvgIpc) is 2.36. The highest BCUT2D eigenvalue weighted by atomic mass is 32.2. The fraction of sp³-hybridized carbons (Fsp3) is 0.625. The zero-order valence-electron chi connectivity index (χ0n) is 14.4. The predicted octanol–water partition coefficient (Wildman–Crippen LogP) is 3.51. The van der Waals surface area contributed by atoms with Crippen molar-refractivity contribution in [3.8, 4) is 0 Å². The lowest BCUT2D eigenvalue weighted by molar-refractivity contribution is 0.0655. The third kappa shape index (κ3) is 6.20. The number of hydrogen-bond donors (Lipinski definition) is 0. The third-order valence-corrected chi connectivity index (χ3v) is 5.53. The van der Waals surface area contributed by atoms with E-state index >= 15 is 0 Å². The van der Waals surface area contributed by atoms with Crippen molar-refractivity contribution in [2.24, 2.45) is 5.41 Å². The minimum Gasteiger partial charge on any atom is -0.417 e. The average molecular weight is 345 g/mol. The molecule has 6 heteroatoms. The fourth-order valence-electron chi connectivity index (χ4n) is 2.07. The van der Waals surface area contributed by atoms with Crippen molar-refractivity contribution in [2.45, 2.75) is 58.2 Å². The van der Waals surface area contributed by atoms with E-state index in [1.165, 1.54) is 0 Å². The van der Waals surface area contributed by atoms with Gasteiger partial charge < -0.3 is 4.43 Å². The summed E-state index contributed by atoms with van der Waals surface area (Å²) in [6, 6.07) is 6.68. The van der Waals surface area contributed by atoms with Gasteiger partial charge in [-0.05, 0) is 44.0 Å². The smallest absolute Gasteiger partial charge is 0.296 e. The van der Waals surface area contributed by atoms with Gasteiger partial charge in [-0.3, -0.25) is 4.18 Å². The van der Waals surface area contributed by atoms with E-state index in [9.17, 15) is 8.42 Å². The van der Waals surface area contributed by atoms with Crippen LogP contribution in [0.1, 0.15) is 32.8 Å². The second-order valence-electron chi connectivity index (χ2n) is 6.92. The van der Waals surface area contributed by atoms with Crippen molar-refractivity contribution < 1.29 is 17.0 Å². The molecule has 0 aliphatic heterocycles. The van der Waals surface area contributed by atoms with E-state index < -0.39 is 19.2 Å². The highest BCUT2D eigenvalue weighted by Gasteiger charge is 2.27. The van der Waals surface area contributed by atoms with Crippen LogP contribution >= 0.6 is 0 Å². The van der Waals surface area contributed by atoms with Crippen LogP contribution in [-0.2, 0) is 18.7 Å². The molecule has 4 nitrogen and oxygen atoms in total. The lowest BCUT2D eigenvalue weighted by Gasteiger charge is -2.32. The first-order chi connectivity index (χ1) is 10.0. The molecule has 0 saturated heterocycles. The molecule has 0 bridgehead atoms. The van der Waals surface area contributed by atoms with Crippen LogP contribution in [0, 0.1) is 12.3 Å². The SMILES string of the molecule is Cc1ccc(S(=O)(=O)OCCC(O[SiH](C)C)C(C)(C)C)cc1. The Kier molecular flexibility index (Phi) is 6.79. The van der Waals surface area contributed by atoms with Gasteiger partial charge in [-0.15, -0.1) is 0 Å². The predicted molar refractivity (Wildman–Crippen MR) is 92.1 cm³/mol. The van der Waals surface area contributed by atoms with Crippen molar-refractivity contribution in [1.82, 2.24) is 0 Å². The molecule has 1 aromatic rings. The topological polar surface area (TPSA) is 52.6 Å². The summed E-state index contributed by atoms with van der Waals surface area (Å²) < 4.78 is 35.5. The molecule has 0 aliphatic rings. The van der Waals surface area contributed by atoms with Crippen LogP contribution in [0.25, 0.3) is 0 Å². The Morgan fingerprint density at radius 2 is 1.68 bits per heavy atom. The van der Waals surface area contributed by atoms with E-state index in [1.54, 1.807) is 24.3 Å². The molecule has 0 aliphatic carbocycles. The molecule has 0 heterocycles. The van der Waals surface area contributed by atoms with Gasteiger partial charge in [0.05, 0.1) is 17.6 Å². The number of hydrogen-bond acceptors (Lipinski definition) is 4. The molecule has 0 fully saturated rings. The van der Waals surface area contributed by atoms with Crippen LogP contribution in [0.2, 0.25) is 13.1 Å². The molecular weight excluding hydrogens is 316 g/mol. The minimum absolute atomic E-state index is 0.00684. The number of benzene rings is 1. The van der Waals surface area contributed by atoms with Crippen molar-refractivity contribution in [3.63, 3.8) is 0 Å². The molecule has 1 rings (SSSR count). The Labute approximate surface area is 136 Å². The van der Waals surface area contributed by atoms with E-state index in [0.29, 0.717) is 6.42 Å². The highest BCUT2D eigenvalue weighted by Crippen LogP contribution is 2.26. The summed E-state index contributed by atoms with van der Waals surface area (Å²) in [4.78, 5) is 0.199. The quantitative estimate of drug-likeness (QED) is 0.561. The number of rotatable bonds is 7. The standard InChI is InChI=1S/C16H28O4SSi/c1-13-7-9-14(10-8-13)21(17,18)19-12-11-15(16(2,3)4)20-22(5)6/h7-10,15,22H,11-12H2,1-6H3. The van der Waals surface area contributed by atoms with Gasteiger partial charge in [-0.2, -0.15) is 8.42 Å². The Bertz CT molecular complexity index is 559. The summed E-state index contributed by atoms with van der Waals surface area (Å²) in [6.45, 7) is 12.6. The van der Waals surface area contributed by atoms with Crippen molar-refractivity contribution in [3.05, 3.63) is 29.8 Å². The molecule has 1 unspecified atom stereocenters. The monoisotopic (exact) mass is 344 g/mol. The van der Waals surface area contributed by atoms with Gasteiger partial charge in [0.1, 0.15) is 0 Å². The molecule has 0 amide bonds. The van der Waals surface area contributed by atoms with Gasteiger partial charge in [0.25, 0.3) is 10.1 Å². The molecule has 0 saturated carbocycles. The van der Waals surface area contributed by atoms with Gasteiger partial charge in [-0.1, -0.05) is 38.5 Å². The summed E-state index contributed by atoms with van der Waals surface area (Å²) in [6.07, 6.45) is 0.576. The molecule has 0 spiro atoms. The summed E-state index contributed by atoms with van der Waals surface area (Å²) >= 11 is 0. The van der Waals surface area contributed by atoms with E-state index in [0.717, 1.165) is 5.56 Å². The maximum absolute atomic E-state index is 12.1. The molecule has 1 aromatic carbocycles. The first-order valence-electron chi connectivity index (χ1n) is 7.64. The van der Waals surface area contributed by atoms with Crippen molar-refractivity contribution in [1.29, 1.82) is 0 Å². The summed E-state index contributed by atoms with van der Waals surface area (Å²) in [5.41, 5.74) is 0.982. The maximum atomic E-state index is 12.1. The van der Waals surface area contributed by atoms with Crippen LogP contribution in [-0.4, -0.2) is 30.2 Å². The molecule has 0 N–H and O–H groups in total. The number of aryl methyl sites for hydroxylation is 1. The van der Waals surface area contributed by atoms with Crippen molar-refractivity contribution >= 4 is 19.2 Å². The van der Waals surface area contributed by atoms with Crippen LogP contribution in [0.5, 0.6) is 0 Å². The lowest BCUT2D eigenvalue weighted by atomic mass is 9.87. The second-order valence-corrected chi connectivity index (χ2v) is 10.9. The summed E-state index contributed by atoms with van der Waals surface area (Å²) in [5, 5.41) is 0. The molecule has 0 radical (unpaired) electrons. The Hall–Kier alpha value is -0.693. The Morgan fingerprint density at radius 1 is 1.14 bits per heavy atom. The first-order valence-corrected chi connectivity index (χ1v) is 11.8. The van der Waals surface area contributed by atoms with Crippen molar-refractivity contribution in [2.75, 3.05) is 6.61 Å². The fourth-order valence-corrected chi connectivity index (χ4v) is 4.19. The van der Waals surface area contributed by atoms with Crippen LogP contribution in [0.3, 0.4) is 0 Å². The largest absolute Gasteiger partial charge is 0.417 e. The van der Waals surface area contributed by atoms with Gasteiger partial charge in [0, 0.05) is 0 Å². The molecule has 0 aromatic heterocycles. The summed E-state index contributed by atoms with van der Waals surface area (Å²) in [5.74, 6) is 0. The Balaban J connectivity index is 2.66. The Morgan fingerprint density at radius 3 is 2.14 bits per heavy atom. The molecule has 126 valence electrons. The maximum Gasteiger partial charge on any atom is 0.296 e. The van der Waals surface area contributed by atoms with Gasteiger partial charge in [0.2, 0.25) is 0 Å². The second kappa shape index (κ2) is 7.72.